The first kappa shape index (κ1) is 15.3. The highest BCUT2D eigenvalue weighted by molar-refractivity contribution is 6.30. The number of benzene rings is 1. The summed E-state index contributed by atoms with van der Waals surface area (Å²) in [6, 6.07) is 7.77. The molecule has 2 N–H and O–H groups in total. The normalized spacial score (nSPS) is 17.1. The van der Waals surface area contributed by atoms with Crippen LogP contribution in [0.3, 0.4) is 0 Å². The molecule has 0 aromatic heterocycles. The third kappa shape index (κ3) is 3.33. The van der Waals surface area contributed by atoms with E-state index in [2.05, 4.69) is 10.6 Å². The van der Waals surface area contributed by atoms with Gasteiger partial charge >= 0.3 is 0 Å². The van der Waals surface area contributed by atoms with Crippen molar-refractivity contribution >= 4 is 17.5 Å². The number of carbonyl (C=O) groups excluding carboxylic acids is 1. The van der Waals surface area contributed by atoms with Gasteiger partial charge in [-0.1, -0.05) is 36.6 Å². The lowest BCUT2D eigenvalue weighted by atomic mass is 9.78. The fourth-order valence-electron chi connectivity index (χ4n) is 3.05. The van der Waals surface area contributed by atoms with Crippen LogP contribution in [0.5, 0.6) is 0 Å². The predicted octanol–water partition coefficient (Wildman–Crippen LogP) is 2.88. The second kappa shape index (κ2) is 7.09. The minimum atomic E-state index is -0.370. The Morgan fingerprint density at radius 2 is 2.05 bits per heavy atom. The van der Waals surface area contributed by atoms with Gasteiger partial charge in [-0.3, -0.25) is 4.79 Å². The zero-order chi connectivity index (χ0) is 14.4. The van der Waals surface area contributed by atoms with Crippen LogP contribution < -0.4 is 10.6 Å². The molecule has 1 aliphatic carbocycles. The molecular formula is C16H23ClN2O. The zero-order valence-corrected chi connectivity index (χ0v) is 12.8. The molecule has 1 aliphatic rings. The van der Waals surface area contributed by atoms with Crippen molar-refractivity contribution in [3.8, 4) is 0 Å². The minimum Gasteiger partial charge on any atom is -0.355 e. The monoisotopic (exact) mass is 294 g/mol. The van der Waals surface area contributed by atoms with E-state index in [4.69, 9.17) is 11.6 Å². The Kier molecular flexibility index (Phi) is 5.44. The maximum absolute atomic E-state index is 12.7. The molecule has 0 atom stereocenters. The number of carbonyl (C=O) groups is 1. The number of amides is 1. The van der Waals surface area contributed by atoms with Crippen LogP contribution in [0.2, 0.25) is 5.02 Å². The average molecular weight is 295 g/mol. The summed E-state index contributed by atoms with van der Waals surface area (Å²) in [6.45, 7) is 1.65. The summed E-state index contributed by atoms with van der Waals surface area (Å²) in [6.07, 6.45) is 5.01. The maximum atomic E-state index is 12.7. The second-order valence-corrected chi connectivity index (χ2v) is 5.95. The fourth-order valence-corrected chi connectivity index (χ4v) is 3.24. The first-order valence-electron chi connectivity index (χ1n) is 7.38. The third-order valence-corrected chi connectivity index (χ3v) is 4.39. The fraction of sp³-hybridized carbons (Fsp3) is 0.562. The lowest BCUT2D eigenvalue weighted by molar-refractivity contribution is -0.126. The summed E-state index contributed by atoms with van der Waals surface area (Å²) in [4.78, 5) is 12.7. The van der Waals surface area contributed by atoms with Crippen LogP contribution in [-0.2, 0) is 10.2 Å². The van der Waals surface area contributed by atoms with E-state index < -0.39 is 0 Å². The van der Waals surface area contributed by atoms with Gasteiger partial charge in [-0.15, -0.1) is 0 Å². The van der Waals surface area contributed by atoms with Gasteiger partial charge in [-0.05, 0) is 50.6 Å². The molecule has 0 radical (unpaired) electrons. The smallest absolute Gasteiger partial charge is 0.230 e. The van der Waals surface area contributed by atoms with E-state index in [-0.39, 0.29) is 11.3 Å². The molecule has 0 saturated heterocycles. The number of hydrogen-bond donors (Lipinski definition) is 2. The first-order chi connectivity index (χ1) is 9.69. The minimum absolute atomic E-state index is 0.161. The molecule has 1 saturated carbocycles. The van der Waals surface area contributed by atoms with Gasteiger partial charge in [0.15, 0.2) is 0 Å². The lowest BCUT2D eigenvalue weighted by Crippen LogP contribution is -2.43. The van der Waals surface area contributed by atoms with Crippen LogP contribution in [0.4, 0.5) is 0 Å². The molecule has 1 aromatic carbocycles. The molecule has 1 amide bonds. The van der Waals surface area contributed by atoms with Crippen molar-refractivity contribution in [2.45, 2.75) is 37.5 Å². The van der Waals surface area contributed by atoms with Crippen LogP contribution in [0.15, 0.2) is 24.3 Å². The average Bonchev–Trinajstić information content (AvgIpc) is 2.94. The summed E-state index contributed by atoms with van der Waals surface area (Å²) in [5.74, 6) is 0.161. The molecule has 4 heteroatoms. The number of halogens is 1. The summed E-state index contributed by atoms with van der Waals surface area (Å²) in [5, 5.41) is 6.89. The molecule has 0 spiro atoms. The van der Waals surface area contributed by atoms with Crippen molar-refractivity contribution in [3.63, 3.8) is 0 Å². The van der Waals surface area contributed by atoms with Gasteiger partial charge in [0.05, 0.1) is 5.41 Å². The number of nitrogens with one attached hydrogen (secondary N) is 2. The molecule has 3 nitrogen and oxygen atoms in total. The van der Waals surface area contributed by atoms with E-state index in [1.165, 1.54) is 0 Å². The van der Waals surface area contributed by atoms with Crippen LogP contribution in [0.1, 0.15) is 37.7 Å². The Morgan fingerprint density at radius 3 is 2.70 bits per heavy atom. The van der Waals surface area contributed by atoms with Gasteiger partial charge in [0.1, 0.15) is 0 Å². The van der Waals surface area contributed by atoms with Crippen molar-refractivity contribution in [2.75, 3.05) is 20.1 Å². The Labute approximate surface area is 126 Å². The SMILES string of the molecule is CNCCCNC(=O)C1(c2cccc(Cl)c2)CCCC1. The van der Waals surface area contributed by atoms with Crippen molar-refractivity contribution < 1.29 is 4.79 Å². The molecule has 2 rings (SSSR count). The highest BCUT2D eigenvalue weighted by atomic mass is 35.5. The van der Waals surface area contributed by atoms with E-state index in [1.54, 1.807) is 0 Å². The van der Waals surface area contributed by atoms with Crippen LogP contribution in [0, 0.1) is 0 Å². The first-order valence-corrected chi connectivity index (χ1v) is 7.76. The molecule has 1 fully saturated rings. The van der Waals surface area contributed by atoms with E-state index in [1.807, 2.05) is 31.3 Å². The van der Waals surface area contributed by atoms with Crippen LogP contribution in [-0.4, -0.2) is 26.0 Å². The van der Waals surface area contributed by atoms with Gasteiger partial charge in [0, 0.05) is 11.6 Å². The van der Waals surface area contributed by atoms with E-state index in [0.717, 1.165) is 50.8 Å². The van der Waals surface area contributed by atoms with Crippen molar-refractivity contribution in [1.82, 2.24) is 10.6 Å². The maximum Gasteiger partial charge on any atom is 0.230 e. The van der Waals surface area contributed by atoms with E-state index in [0.29, 0.717) is 5.02 Å². The van der Waals surface area contributed by atoms with Gasteiger partial charge in [0.2, 0.25) is 5.91 Å². The molecule has 1 aromatic rings. The van der Waals surface area contributed by atoms with Crippen LogP contribution >= 0.6 is 11.6 Å². The lowest BCUT2D eigenvalue weighted by Gasteiger charge is -2.28. The van der Waals surface area contributed by atoms with E-state index in [9.17, 15) is 4.79 Å². The van der Waals surface area contributed by atoms with Gasteiger partial charge < -0.3 is 10.6 Å². The summed E-state index contributed by atoms with van der Waals surface area (Å²) in [7, 11) is 1.92. The molecule has 0 bridgehead atoms. The Morgan fingerprint density at radius 1 is 1.30 bits per heavy atom. The summed E-state index contributed by atoms with van der Waals surface area (Å²) < 4.78 is 0. The number of hydrogen-bond acceptors (Lipinski definition) is 2. The second-order valence-electron chi connectivity index (χ2n) is 5.51. The summed E-state index contributed by atoms with van der Waals surface area (Å²) >= 11 is 6.10. The predicted molar refractivity (Wildman–Crippen MR) is 83.2 cm³/mol. The van der Waals surface area contributed by atoms with Crippen LogP contribution in [0.25, 0.3) is 0 Å². The van der Waals surface area contributed by atoms with Gasteiger partial charge in [0.25, 0.3) is 0 Å². The standard InChI is InChI=1S/C16H23ClN2O/c1-18-10-5-11-19-15(20)16(8-2-3-9-16)13-6-4-7-14(17)12-13/h4,6-7,12,18H,2-3,5,8-11H2,1H3,(H,19,20). The molecule has 20 heavy (non-hydrogen) atoms. The Hall–Kier alpha value is -1.06. The Bertz CT molecular complexity index is 456. The largest absolute Gasteiger partial charge is 0.355 e. The molecular weight excluding hydrogens is 272 g/mol. The highest BCUT2D eigenvalue weighted by Crippen LogP contribution is 2.41. The van der Waals surface area contributed by atoms with Crippen molar-refractivity contribution in [1.29, 1.82) is 0 Å². The summed E-state index contributed by atoms with van der Waals surface area (Å²) in [5.41, 5.74) is 0.693. The Balaban J connectivity index is 2.11. The van der Waals surface area contributed by atoms with E-state index >= 15 is 0 Å². The molecule has 0 heterocycles. The highest BCUT2D eigenvalue weighted by Gasteiger charge is 2.42. The van der Waals surface area contributed by atoms with Gasteiger partial charge in [-0.25, -0.2) is 0 Å². The van der Waals surface area contributed by atoms with Crippen molar-refractivity contribution in [2.24, 2.45) is 0 Å². The quantitative estimate of drug-likeness (QED) is 0.792. The van der Waals surface area contributed by atoms with Crippen molar-refractivity contribution in [3.05, 3.63) is 34.9 Å². The molecule has 0 unspecified atom stereocenters. The molecule has 0 aliphatic heterocycles. The van der Waals surface area contributed by atoms with Gasteiger partial charge in [-0.2, -0.15) is 0 Å². The zero-order valence-electron chi connectivity index (χ0n) is 12.0. The molecule has 110 valence electrons. The topological polar surface area (TPSA) is 41.1 Å². The number of rotatable bonds is 6. The third-order valence-electron chi connectivity index (χ3n) is 4.16.